The van der Waals surface area contributed by atoms with Crippen LogP contribution in [0.4, 0.5) is 11.4 Å². The quantitative estimate of drug-likeness (QED) is 0.787. The van der Waals surface area contributed by atoms with Crippen molar-refractivity contribution in [3.8, 4) is 5.75 Å². The minimum atomic E-state index is -3.59. The van der Waals surface area contributed by atoms with Crippen LogP contribution in [0, 0.1) is 5.41 Å². The van der Waals surface area contributed by atoms with Crippen molar-refractivity contribution in [1.29, 1.82) is 0 Å². The molecule has 0 bridgehead atoms. The summed E-state index contributed by atoms with van der Waals surface area (Å²) in [6.45, 7) is 7.42. The summed E-state index contributed by atoms with van der Waals surface area (Å²) in [6, 6.07) is 14.1. The molecule has 1 aliphatic heterocycles. The lowest BCUT2D eigenvalue weighted by atomic mass is 9.95. The zero-order valence-electron chi connectivity index (χ0n) is 17.9. The van der Waals surface area contributed by atoms with Crippen LogP contribution in [0.5, 0.6) is 5.75 Å². The highest BCUT2D eigenvalue weighted by atomic mass is 32.2. The predicted molar refractivity (Wildman–Crippen MR) is 118 cm³/mol. The maximum Gasteiger partial charge on any atom is 0.243 e. The van der Waals surface area contributed by atoms with E-state index in [0.717, 1.165) is 11.4 Å². The highest BCUT2D eigenvalue weighted by Crippen LogP contribution is 2.29. The number of amides is 1. The molecule has 0 aromatic heterocycles. The number of carbonyl (C=O) groups is 1. The van der Waals surface area contributed by atoms with Gasteiger partial charge in [0.2, 0.25) is 15.9 Å². The molecule has 0 atom stereocenters. The number of anilines is 2. The van der Waals surface area contributed by atoms with Gasteiger partial charge in [-0.15, -0.1) is 0 Å². The predicted octanol–water partition coefficient (Wildman–Crippen LogP) is 3.19. The Morgan fingerprint density at radius 2 is 1.57 bits per heavy atom. The number of rotatable bonds is 5. The SMILES string of the molecule is COc1ccccc1N1CCN(S(=O)(=O)c2ccc(NC(=O)C(C)(C)C)cc2)CC1. The summed E-state index contributed by atoms with van der Waals surface area (Å²) < 4.78 is 33.0. The molecular formula is C22H29N3O4S. The van der Waals surface area contributed by atoms with Crippen LogP contribution >= 0.6 is 0 Å². The molecule has 2 aromatic rings. The first-order chi connectivity index (χ1) is 14.1. The van der Waals surface area contributed by atoms with Crippen molar-refractivity contribution in [2.45, 2.75) is 25.7 Å². The van der Waals surface area contributed by atoms with E-state index in [4.69, 9.17) is 4.74 Å². The maximum atomic E-state index is 13.0. The summed E-state index contributed by atoms with van der Waals surface area (Å²) in [5.74, 6) is 0.660. The molecule has 0 spiro atoms. The van der Waals surface area contributed by atoms with E-state index in [-0.39, 0.29) is 10.8 Å². The third-order valence-electron chi connectivity index (χ3n) is 5.10. The lowest BCUT2D eigenvalue weighted by Gasteiger charge is -2.35. The van der Waals surface area contributed by atoms with Gasteiger partial charge in [0.15, 0.2) is 0 Å². The van der Waals surface area contributed by atoms with E-state index in [9.17, 15) is 13.2 Å². The van der Waals surface area contributed by atoms with E-state index < -0.39 is 15.4 Å². The molecule has 3 rings (SSSR count). The third-order valence-corrected chi connectivity index (χ3v) is 7.01. The second-order valence-corrected chi connectivity index (χ2v) is 10.2. The van der Waals surface area contributed by atoms with Crippen molar-refractivity contribution in [2.75, 3.05) is 43.5 Å². The van der Waals surface area contributed by atoms with Crippen LogP contribution in [-0.4, -0.2) is 51.9 Å². The fourth-order valence-corrected chi connectivity index (χ4v) is 4.66. The fraction of sp³-hybridized carbons (Fsp3) is 0.409. The molecule has 0 radical (unpaired) electrons. The Morgan fingerprint density at radius 3 is 2.13 bits per heavy atom. The zero-order chi connectivity index (χ0) is 21.9. The molecule has 1 heterocycles. The van der Waals surface area contributed by atoms with E-state index in [1.54, 1.807) is 31.4 Å². The highest BCUT2D eigenvalue weighted by molar-refractivity contribution is 7.89. The number of hydrogen-bond acceptors (Lipinski definition) is 5. The van der Waals surface area contributed by atoms with Crippen molar-refractivity contribution in [3.05, 3.63) is 48.5 Å². The van der Waals surface area contributed by atoms with E-state index in [2.05, 4.69) is 10.2 Å². The number of methoxy groups -OCH3 is 1. The first kappa shape index (κ1) is 22.1. The second kappa shape index (κ2) is 8.65. The van der Waals surface area contributed by atoms with Gasteiger partial charge in [0.25, 0.3) is 0 Å². The number of benzene rings is 2. The van der Waals surface area contributed by atoms with Gasteiger partial charge in [-0.2, -0.15) is 4.31 Å². The number of sulfonamides is 1. The molecule has 2 aromatic carbocycles. The Bertz CT molecular complexity index is 990. The first-order valence-electron chi connectivity index (χ1n) is 9.92. The van der Waals surface area contributed by atoms with Crippen LogP contribution in [-0.2, 0) is 14.8 Å². The van der Waals surface area contributed by atoms with Gasteiger partial charge in [-0.3, -0.25) is 4.79 Å². The van der Waals surface area contributed by atoms with Gasteiger partial charge in [0.1, 0.15) is 5.75 Å². The van der Waals surface area contributed by atoms with E-state index in [1.807, 2.05) is 45.0 Å². The Balaban J connectivity index is 1.67. The smallest absolute Gasteiger partial charge is 0.243 e. The monoisotopic (exact) mass is 431 g/mol. The van der Waals surface area contributed by atoms with Gasteiger partial charge in [0.05, 0.1) is 17.7 Å². The summed E-state index contributed by atoms with van der Waals surface area (Å²) in [7, 11) is -1.96. The minimum absolute atomic E-state index is 0.120. The number of hydrogen-bond donors (Lipinski definition) is 1. The number of para-hydroxylation sites is 2. The average Bonchev–Trinajstić information content (AvgIpc) is 2.73. The molecule has 162 valence electrons. The van der Waals surface area contributed by atoms with E-state index >= 15 is 0 Å². The normalized spacial score (nSPS) is 15.7. The number of piperazine rings is 1. The number of nitrogens with zero attached hydrogens (tertiary/aromatic N) is 2. The third kappa shape index (κ3) is 4.76. The Kier molecular flexibility index (Phi) is 6.38. The fourth-order valence-electron chi connectivity index (χ4n) is 3.24. The summed E-state index contributed by atoms with van der Waals surface area (Å²) in [5, 5.41) is 2.81. The summed E-state index contributed by atoms with van der Waals surface area (Å²) in [4.78, 5) is 14.5. The van der Waals surface area contributed by atoms with Crippen molar-refractivity contribution in [2.24, 2.45) is 5.41 Å². The molecule has 1 N–H and O–H groups in total. The summed E-state index contributed by atoms with van der Waals surface area (Å²) >= 11 is 0. The summed E-state index contributed by atoms with van der Waals surface area (Å²) in [5.41, 5.74) is 1.03. The zero-order valence-corrected chi connectivity index (χ0v) is 18.7. The van der Waals surface area contributed by atoms with E-state index in [1.165, 1.54) is 4.31 Å². The highest BCUT2D eigenvalue weighted by Gasteiger charge is 2.29. The molecule has 1 amide bonds. The molecule has 30 heavy (non-hydrogen) atoms. The largest absolute Gasteiger partial charge is 0.495 e. The number of nitrogens with one attached hydrogen (secondary N) is 1. The maximum absolute atomic E-state index is 13.0. The van der Waals surface area contributed by atoms with Crippen LogP contribution in [0.15, 0.2) is 53.4 Å². The molecule has 0 aliphatic carbocycles. The molecule has 0 unspecified atom stereocenters. The first-order valence-corrected chi connectivity index (χ1v) is 11.4. The number of ether oxygens (including phenoxy) is 1. The second-order valence-electron chi connectivity index (χ2n) is 8.29. The molecule has 8 heteroatoms. The van der Waals surface area contributed by atoms with Gasteiger partial charge < -0.3 is 15.0 Å². The van der Waals surface area contributed by atoms with Crippen LogP contribution in [0.1, 0.15) is 20.8 Å². The molecule has 1 saturated heterocycles. The van der Waals surface area contributed by atoms with Gasteiger partial charge in [0, 0.05) is 37.3 Å². The van der Waals surface area contributed by atoms with Gasteiger partial charge >= 0.3 is 0 Å². The molecule has 1 fully saturated rings. The lowest BCUT2D eigenvalue weighted by molar-refractivity contribution is -0.123. The Hall–Kier alpha value is -2.58. The standard InChI is InChI=1S/C22H29N3O4S/c1-22(2,3)21(26)23-17-9-11-18(12-10-17)30(27,28)25-15-13-24(14-16-25)19-7-5-6-8-20(19)29-4/h5-12H,13-16H2,1-4H3,(H,23,26). The molecular weight excluding hydrogens is 402 g/mol. The summed E-state index contributed by atoms with van der Waals surface area (Å²) in [6.07, 6.45) is 0. The number of carbonyl (C=O) groups excluding carboxylic acids is 1. The van der Waals surface area contributed by atoms with Crippen molar-refractivity contribution >= 4 is 27.3 Å². The van der Waals surface area contributed by atoms with Crippen molar-refractivity contribution in [1.82, 2.24) is 4.31 Å². The van der Waals surface area contributed by atoms with Crippen LogP contribution in [0.25, 0.3) is 0 Å². The topological polar surface area (TPSA) is 79.0 Å². The van der Waals surface area contributed by atoms with Crippen molar-refractivity contribution < 1.29 is 17.9 Å². The Labute approximate surface area is 178 Å². The molecule has 1 aliphatic rings. The average molecular weight is 432 g/mol. The molecule has 7 nitrogen and oxygen atoms in total. The van der Waals surface area contributed by atoms with Crippen LogP contribution < -0.4 is 15.0 Å². The van der Waals surface area contributed by atoms with Crippen LogP contribution in [0.2, 0.25) is 0 Å². The van der Waals surface area contributed by atoms with Gasteiger partial charge in [-0.05, 0) is 36.4 Å². The lowest BCUT2D eigenvalue weighted by Crippen LogP contribution is -2.48. The molecule has 0 saturated carbocycles. The van der Waals surface area contributed by atoms with Gasteiger partial charge in [-0.1, -0.05) is 32.9 Å². The minimum Gasteiger partial charge on any atom is -0.495 e. The Morgan fingerprint density at radius 1 is 0.967 bits per heavy atom. The van der Waals surface area contributed by atoms with Crippen LogP contribution in [0.3, 0.4) is 0 Å². The van der Waals surface area contributed by atoms with E-state index in [0.29, 0.717) is 31.9 Å². The van der Waals surface area contributed by atoms with Gasteiger partial charge in [-0.25, -0.2) is 8.42 Å². The van der Waals surface area contributed by atoms with Crippen molar-refractivity contribution in [3.63, 3.8) is 0 Å².